The van der Waals surface area contributed by atoms with Crippen molar-refractivity contribution >= 4 is 0 Å². The molecule has 3 nitrogen and oxygen atoms in total. The number of aliphatic hydroxyl groups excluding tert-OH is 1. The molecule has 1 aliphatic heterocycles. The van der Waals surface area contributed by atoms with Gasteiger partial charge in [0, 0.05) is 37.8 Å². The molecule has 2 atom stereocenters. The third kappa shape index (κ3) is 3.34. The van der Waals surface area contributed by atoms with Gasteiger partial charge in [-0.05, 0) is 19.5 Å². The van der Waals surface area contributed by atoms with Crippen LogP contribution in [0.3, 0.4) is 0 Å². The first-order valence-corrected chi connectivity index (χ1v) is 7.11. The van der Waals surface area contributed by atoms with Gasteiger partial charge in [0.15, 0.2) is 11.6 Å². The molecule has 0 aromatic heterocycles. The SMILES string of the molecule is CCN1CCN(CC(O)c2cccc(F)c2F)CC1C. The van der Waals surface area contributed by atoms with Crippen LogP contribution in [0.4, 0.5) is 8.78 Å². The van der Waals surface area contributed by atoms with Crippen LogP contribution in [0.1, 0.15) is 25.5 Å². The van der Waals surface area contributed by atoms with E-state index >= 15 is 0 Å². The Morgan fingerprint density at radius 1 is 1.35 bits per heavy atom. The Bertz CT molecular complexity index is 455. The molecule has 2 rings (SSSR count). The fourth-order valence-electron chi connectivity index (χ4n) is 2.83. The number of β-amino-alcohol motifs (C(OH)–C–C–N with tert-alkyl or cyclic N) is 1. The minimum absolute atomic E-state index is 0.0376. The van der Waals surface area contributed by atoms with Crippen molar-refractivity contribution in [3.05, 3.63) is 35.4 Å². The molecule has 112 valence electrons. The number of rotatable bonds is 4. The average Bonchev–Trinajstić information content (AvgIpc) is 2.42. The van der Waals surface area contributed by atoms with E-state index in [1.165, 1.54) is 12.1 Å². The van der Waals surface area contributed by atoms with Crippen LogP contribution in [0, 0.1) is 11.6 Å². The first-order chi connectivity index (χ1) is 9.52. The molecule has 2 unspecified atom stereocenters. The molecule has 0 amide bonds. The largest absolute Gasteiger partial charge is 0.387 e. The van der Waals surface area contributed by atoms with Crippen molar-refractivity contribution in [2.24, 2.45) is 0 Å². The molecule has 5 heteroatoms. The monoisotopic (exact) mass is 284 g/mol. The van der Waals surface area contributed by atoms with Crippen LogP contribution in [0.2, 0.25) is 0 Å². The molecule has 1 aromatic rings. The Hall–Kier alpha value is -1.04. The topological polar surface area (TPSA) is 26.7 Å². The van der Waals surface area contributed by atoms with E-state index in [0.29, 0.717) is 12.6 Å². The van der Waals surface area contributed by atoms with Crippen molar-refractivity contribution in [2.75, 3.05) is 32.7 Å². The lowest BCUT2D eigenvalue weighted by Crippen LogP contribution is -2.52. The zero-order valence-electron chi connectivity index (χ0n) is 12.0. The van der Waals surface area contributed by atoms with Crippen LogP contribution in [-0.4, -0.2) is 53.7 Å². The predicted octanol–water partition coefficient (Wildman–Crippen LogP) is 2.02. The Morgan fingerprint density at radius 2 is 2.10 bits per heavy atom. The van der Waals surface area contributed by atoms with E-state index in [4.69, 9.17) is 0 Å². The van der Waals surface area contributed by atoms with Crippen LogP contribution in [0.5, 0.6) is 0 Å². The minimum Gasteiger partial charge on any atom is -0.387 e. The van der Waals surface area contributed by atoms with Gasteiger partial charge in [0.2, 0.25) is 0 Å². The summed E-state index contributed by atoms with van der Waals surface area (Å²) in [6, 6.07) is 4.34. The number of likely N-dealkylation sites (N-methyl/N-ethyl adjacent to an activating group) is 1. The Morgan fingerprint density at radius 3 is 2.75 bits per heavy atom. The van der Waals surface area contributed by atoms with E-state index in [1.807, 2.05) is 0 Å². The van der Waals surface area contributed by atoms with Crippen LogP contribution in [-0.2, 0) is 0 Å². The molecule has 1 aromatic carbocycles. The summed E-state index contributed by atoms with van der Waals surface area (Å²) in [6.07, 6.45) is -0.994. The molecule has 0 spiro atoms. The lowest BCUT2D eigenvalue weighted by Gasteiger charge is -2.40. The first kappa shape index (κ1) is 15.4. The molecular formula is C15H22F2N2O. The molecule has 0 bridgehead atoms. The summed E-state index contributed by atoms with van der Waals surface area (Å²) in [5.41, 5.74) is 0.0376. The molecular weight excluding hydrogens is 262 g/mol. The zero-order chi connectivity index (χ0) is 14.7. The maximum absolute atomic E-state index is 13.6. The molecule has 1 N–H and O–H groups in total. The van der Waals surface area contributed by atoms with Gasteiger partial charge in [-0.1, -0.05) is 19.1 Å². The van der Waals surface area contributed by atoms with E-state index in [9.17, 15) is 13.9 Å². The molecule has 0 radical (unpaired) electrons. The van der Waals surface area contributed by atoms with Gasteiger partial charge >= 0.3 is 0 Å². The van der Waals surface area contributed by atoms with Gasteiger partial charge in [-0.25, -0.2) is 8.78 Å². The van der Waals surface area contributed by atoms with E-state index in [2.05, 4.69) is 23.6 Å². The number of hydrogen-bond acceptors (Lipinski definition) is 3. The van der Waals surface area contributed by atoms with Crippen LogP contribution in [0.25, 0.3) is 0 Å². The first-order valence-electron chi connectivity index (χ1n) is 7.11. The third-order valence-corrected chi connectivity index (χ3v) is 4.03. The quantitative estimate of drug-likeness (QED) is 0.916. The number of benzene rings is 1. The van der Waals surface area contributed by atoms with E-state index < -0.39 is 17.7 Å². The Labute approximate surface area is 118 Å². The van der Waals surface area contributed by atoms with Crippen molar-refractivity contribution in [3.8, 4) is 0 Å². The van der Waals surface area contributed by atoms with Gasteiger partial charge in [-0.2, -0.15) is 0 Å². The summed E-state index contributed by atoms with van der Waals surface area (Å²) in [5.74, 6) is -1.86. The third-order valence-electron chi connectivity index (χ3n) is 4.03. The molecule has 0 saturated carbocycles. The van der Waals surface area contributed by atoms with Crippen molar-refractivity contribution in [2.45, 2.75) is 26.0 Å². The van der Waals surface area contributed by atoms with Crippen molar-refractivity contribution in [1.82, 2.24) is 9.80 Å². The lowest BCUT2D eigenvalue weighted by molar-refractivity contribution is 0.0465. The van der Waals surface area contributed by atoms with Gasteiger partial charge in [0.25, 0.3) is 0 Å². The number of hydrogen-bond donors (Lipinski definition) is 1. The summed E-state index contributed by atoms with van der Waals surface area (Å²) in [7, 11) is 0. The van der Waals surface area contributed by atoms with E-state index in [0.717, 1.165) is 32.2 Å². The minimum atomic E-state index is -0.994. The smallest absolute Gasteiger partial charge is 0.164 e. The van der Waals surface area contributed by atoms with Crippen molar-refractivity contribution in [1.29, 1.82) is 0 Å². The Kier molecular flexibility index (Phi) is 5.07. The summed E-state index contributed by atoms with van der Waals surface area (Å²) >= 11 is 0. The summed E-state index contributed by atoms with van der Waals surface area (Å²) in [5, 5.41) is 10.1. The standard InChI is InChI=1S/C15H22F2N2O/c1-3-19-8-7-18(9-11(19)2)10-14(20)12-5-4-6-13(16)15(12)17/h4-6,11,14,20H,3,7-10H2,1-2H3. The second-order valence-electron chi connectivity index (χ2n) is 5.40. The van der Waals surface area contributed by atoms with Crippen LogP contribution >= 0.6 is 0 Å². The van der Waals surface area contributed by atoms with Gasteiger partial charge in [-0.15, -0.1) is 0 Å². The number of piperazine rings is 1. The number of aliphatic hydroxyl groups is 1. The molecule has 1 saturated heterocycles. The highest BCUT2D eigenvalue weighted by molar-refractivity contribution is 5.21. The zero-order valence-corrected chi connectivity index (χ0v) is 12.0. The van der Waals surface area contributed by atoms with Gasteiger partial charge in [0.05, 0.1) is 6.10 Å². The van der Waals surface area contributed by atoms with Gasteiger partial charge in [0.1, 0.15) is 0 Å². The fourth-order valence-corrected chi connectivity index (χ4v) is 2.83. The second kappa shape index (κ2) is 6.61. The molecule has 1 fully saturated rings. The summed E-state index contributed by atoms with van der Waals surface area (Å²) in [6.45, 7) is 8.23. The Balaban J connectivity index is 1.98. The van der Waals surface area contributed by atoms with Crippen molar-refractivity contribution in [3.63, 3.8) is 0 Å². The molecule has 1 aliphatic rings. The second-order valence-corrected chi connectivity index (χ2v) is 5.40. The molecule has 0 aliphatic carbocycles. The van der Waals surface area contributed by atoms with Gasteiger partial charge < -0.3 is 5.11 Å². The number of nitrogens with zero attached hydrogens (tertiary/aromatic N) is 2. The van der Waals surface area contributed by atoms with E-state index in [-0.39, 0.29) is 5.56 Å². The van der Waals surface area contributed by atoms with Gasteiger partial charge in [-0.3, -0.25) is 9.80 Å². The highest BCUT2D eigenvalue weighted by Gasteiger charge is 2.25. The predicted molar refractivity (Wildman–Crippen MR) is 74.5 cm³/mol. The maximum Gasteiger partial charge on any atom is 0.164 e. The lowest BCUT2D eigenvalue weighted by atomic mass is 10.1. The summed E-state index contributed by atoms with van der Waals surface area (Å²) < 4.78 is 26.8. The average molecular weight is 284 g/mol. The molecule has 1 heterocycles. The van der Waals surface area contributed by atoms with Crippen LogP contribution in [0.15, 0.2) is 18.2 Å². The maximum atomic E-state index is 13.6. The normalized spacial score (nSPS) is 22.9. The number of halogens is 2. The highest BCUT2D eigenvalue weighted by Crippen LogP contribution is 2.21. The fraction of sp³-hybridized carbons (Fsp3) is 0.600. The summed E-state index contributed by atoms with van der Waals surface area (Å²) in [4.78, 5) is 4.47. The van der Waals surface area contributed by atoms with Crippen LogP contribution < -0.4 is 0 Å². The van der Waals surface area contributed by atoms with Crippen molar-refractivity contribution < 1.29 is 13.9 Å². The molecule has 20 heavy (non-hydrogen) atoms. The van der Waals surface area contributed by atoms with E-state index in [1.54, 1.807) is 0 Å². The highest BCUT2D eigenvalue weighted by atomic mass is 19.2.